The first kappa shape index (κ1) is 31.2. The van der Waals surface area contributed by atoms with Crippen molar-refractivity contribution in [1.82, 2.24) is 14.1 Å². The lowest BCUT2D eigenvalue weighted by Gasteiger charge is -2.25. The summed E-state index contributed by atoms with van der Waals surface area (Å²) in [5.41, 5.74) is 1.81. The Kier molecular flexibility index (Phi) is 11.2. The number of nitrogens with one attached hydrogen (secondary N) is 1. The molecule has 1 aromatic heterocycles. The molecule has 12 heteroatoms. The molecule has 0 saturated carbocycles. The summed E-state index contributed by atoms with van der Waals surface area (Å²) in [6.45, 7) is 6.84. The van der Waals surface area contributed by atoms with E-state index in [1.165, 1.54) is 35.6 Å². The van der Waals surface area contributed by atoms with E-state index in [1.54, 1.807) is 0 Å². The molecule has 0 spiro atoms. The third-order valence-electron chi connectivity index (χ3n) is 6.66. The molecule has 1 N–H and O–H groups in total. The van der Waals surface area contributed by atoms with Crippen LogP contribution in [0.1, 0.15) is 70.7 Å². The molecule has 3 rings (SSSR count). The zero-order chi connectivity index (χ0) is 29.3. The summed E-state index contributed by atoms with van der Waals surface area (Å²) < 4.78 is 27.3. The highest BCUT2D eigenvalue weighted by atomic mass is 32.2. The lowest BCUT2D eigenvalue weighted by molar-refractivity contribution is 0.0755. The van der Waals surface area contributed by atoms with Gasteiger partial charge in [0.05, 0.1) is 22.6 Å². The summed E-state index contributed by atoms with van der Waals surface area (Å²) in [6, 6.07) is 9.41. The van der Waals surface area contributed by atoms with Gasteiger partial charge in [0.1, 0.15) is 5.00 Å². The fraction of sp³-hybridized carbons (Fsp3) is 0.500. The van der Waals surface area contributed by atoms with E-state index in [9.17, 15) is 18.0 Å². The highest BCUT2D eigenvalue weighted by Crippen LogP contribution is 2.38. The summed E-state index contributed by atoms with van der Waals surface area (Å²) >= 11 is 1.42. The molecule has 2 amide bonds. The minimum absolute atomic E-state index is 0.000718. The van der Waals surface area contributed by atoms with Crippen LogP contribution < -0.4 is 5.32 Å². The largest absolute Gasteiger partial charge is 0.339 e. The number of carbonyl (C=O) groups is 2. The molecular formula is C28H36N6O4S2. The molecule has 0 radical (unpaired) electrons. The van der Waals surface area contributed by atoms with Crippen molar-refractivity contribution in [2.75, 3.05) is 45.1 Å². The van der Waals surface area contributed by atoms with Crippen LogP contribution in [0.3, 0.4) is 0 Å². The molecule has 10 nitrogen and oxygen atoms in total. The fourth-order valence-corrected chi connectivity index (χ4v) is 7.42. The Bertz CT molecular complexity index is 1370. The van der Waals surface area contributed by atoms with Crippen molar-refractivity contribution in [2.24, 2.45) is 0 Å². The Morgan fingerprint density at radius 2 is 1.62 bits per heavy atom. The lowest BCUT2D eigenvalue weighted by atomic mass is 10.0. The van der Waals surface area contributed by atoms with E-state index >= 15 is 0 Å². The van der Waals surface area contributed by atoms with E-state index in [-0.39, 0.29) is 42.3 Å². The van der Waals surface area contributed by atoms with Gasteiger partial charge in [-0.15, -0.1) is 11.3 Å². The molecule has 0 unspecified atom stereocenters. The highest BCUT2D eigenvalue weighted by Gasteiger charge is 2.30. The van der Waals surface area contributed by atoms with E-state index in [2.05, 4.69) is 10.2 Å². The molecule has 0 atom stereocenters. The van der Waals surface area contributed by atoms with Crippen molar-refractivity contribution in [1.29, 1.82) is 10.5 Å². The Morgan fingerprint density at radius 3 is 2.17 bits per heavy atom. The molecule has 2 heterocycles. The molecule has 0 fully saturated rings. The number of fused-ring (bicyclic) bond motifs is 1. The molecule has 40 heavy (non-hydrogen) atoms. The Balaban J connectivity index is 1.88. The van der Waals surface area contributed by atoms with Gasteiger partial charge in [0.25, 0.3) is 11.8 Å². The van der Waals surface area contributed by atoms with Gasteiger partial charge < -0.3 is 15.1 Å². The maximum atomic E-state index is 13.7. The molecule has 1 aliphatic rings. The van der Waals surface area contributed by atoms with E-state index in [1.807, 2.05) is 37.9 Å². The second kappa shape index (κ2) is 14.4. The van der Waals surface area contributed by atoms with Crippen LogP contribution in [0.2, 0.25) is 0 Å². The van der Waals surface area contributed by atoms with Crippen LogP contribution in [-0.2, 0) is 23.0 Å². The smallest absolute Gasteiger partial charge is 0.257 e. The number of likely N-dealkylation sites (N-methyl/N-ethyl adjacent to an activating group) is 1. The van der Waals surface area contributed by atoms with Gasteiger partial charge in [0.2, 0.25) is 10.0 Å². The zero-order valence-corrected chi connectivity index (χ0v) is 24.9. The minimum atomic E-state index is -3.95. The molecule has 0 saturated heterocycles. The van der Waals surface area contributed by atoms with Crippen molar-refractivity contribution in [3.05, 3.63) is 45.8 Å². The minimum Gasteiger partial charge on any atom is -0.339 e. The van der Waals surface area contributed by atoms with Crippen molar-refractivity contribution >= 4 is 38.2 Å². The van der Waals surface area contributed by atoms with E-state index in [0.717, 1.165) is 40.6 Å². The maximum Gasteiger partial charge on any atom is 0.257 e. The number of anilines is 1. The zero-order valence-electron chi connectivity index (χ0n) is 23.3. The first-order valence-corrected chi connectivity index (χ1v) is 15.7. The fourth-order valence-electron chi connectivity index (χ4n) is 4.66. The Hall–Kier alpha value is -3.29. The third kappa shape index (κ3) is 7.26. The van der Waals surface area contributed by atoms with Crippen LogP contribution in [0, 0.1) is 22.7 Å². The molecular weight excluding hydrogens is 548 g/mol. The highest BCUT2D eigenvalue weighted by molar-refractivity contribution is 7.89. The van der Waals surface area contributed by atoms with Gasteiger partial charge in [-0.3, -0.25) is 9.59 Å². The number of nitrogens with zero attached hydrogens (tertiary/aromatic N) is 5. The average molecular weight is 585 g/mol. The number of thiophene rings is 1. The van der Waals surface area contributed by atoms with Gasteiger partial charge in [-0.05, 0) is 56.1 Å². The second-order valence-corrected chi connectivity index (χ2v) is 12.7. The first-order valence-electron chi connectivity index (χ1n) is 13.5. The Labute approximate surface area is 240 Å². The van der Waals surface area contributed by atoms with Crippen LogP contribution >= 0.6 is 11.3 Å². The molecule has 214 valence electrons. The normalized spacial score (nSPS) is 13.3. The van der Waals surface area contributed by atoms with Gasteiger partial charge in [-0.1, -0.05) is 13.8 Å². The number of hydrogen-bond donors (Lipinski definition) is 1. The average Bonchev–Trinajstić information content (AvgIpc) is 3.29. The predicted molar refractivity (Wildman–Crippen MR) is 154 cm³/mol. The van der Waals surface area contributed by atoms with Crippen molar-refractivity contribution < 1.29 is 18.0 Å². The van der Waals surface area contributed by atoms with Crippen molar-refractivity contribution in [3.8, 4) is 12.1 Å². The monoisotopic (exact) mass is 584 g/mol. The van der Waals surface area contributed by atoms with Gasteiger partial charge in [0, 0.05) is 62.6 Å². The number of rotatable bonds is 13. The van der Waals surface area contributed by atoms with E-state index in [0.29, 0.717) is 30.2 Å². The van der Waals surface area contributed by atoms with Crippen LogP contribution in [-0.4, -0.2) is 74.1 Å². The molecule has 1 aliphatic heterocycles. The maximum absolute atomic E-state index is 13.7. The molecule has 0 aliphatic carbocycles. The summed E-state index contributed by atoms with van der Waals surface area (Å²) in [5.74, 6) is -0.509. The van der Waals surface area contributed by atoms with Crippen LogP contribution in [0.4, 0.5) is 5.00 Å². The quantitative estimate of drug-likeness (QED) is 0.375. The van der Waals surface area contributed by atoms with E-state index < -0.39 is 15.9 Å². The lowest BCUT2D eigenvalue weighted by Crippen LogP contribution is -2.34. The van der Waals surface area contributed by atoms with Crippen molar-refractivity contribution in [2.45, 2.75) is 57.4 Å². The molecule has 2 aromatic rings. The summed E-state index contributed by atoms with van der Waals surface area (Å²) in [6.07, 6.45) is 2.40. The van der Waals surface area contributed by atoms with Crippen LogP contribution in [0.15, 0.2) is 29.2 Å². The Morgan fingerprint density at radius 1 is 1.02 bits per heavy atom. The number of hydrogen-bond acceptors (Lipinski definition) is 8. The second-order valence-electron chi connectivity index (χ2n) is 9.69. The standard InChI is InChI=1S/C28H36N6O4S2/c1-4-15-33(16-5-2)28(36)25-23-12-19-32(3)20-24(23)39-27(25)31-26(35)21-8-10-22(11-9-21)40(37,38)34(17-6-13-29)18-7-14-30/h8-11H,4-7,12,15-20H2,1-3H3,(H,31,35). The molecule has 1 aromatic carbocycles. The number of amides is 2. The summed E-state index contributed by atoms with van der Waals surface area (Å²) in [4.78, 5) is 32.1. The predicted octanol–water partition coefficient (Wildman–Crippen LogP) is 4.07. The molecule has 0 bridgehead atoms. The number of sulfonamides is 1. The number of nitriles is 2. The third-order valence-corrected chi connectivity index (χ3v) is 9.71. The summed E-state index contributed by atoms with van der Waals surface area (Å²) in [7, 11) is -1.92. The topological polar surface area (TPSA) is 138 Å². The van der Waals surface area contributed by atoms with E-state index in [4.69, 9.17) is 10.5 Å². The van der Waals surface area contributed by atoms with Crippen molar-refractivity contribution in [3.63, 3.8) is 0 Å². The van der Waals surface area contributed by atoms with Crippen LogP contribution in [0.5, 0.6) is 0 Å². The van der Waals surface area contributed by atoms with Gasteiger partial charge in [0.15, 0.2) is 0 Å². The summed E-state index contributed by atoms with van der Waals surface area (Å²) in [5, 5.41) is 21.2. The first-order chi connectivity index (χ1) is 19.2. The number of benzene rings is 1. The van der Waals surface area contributed by atoms with Gasteiger partial charge in [-0.2, -0.15) is 14.8 Å². The van der Waals surface area contributed by atoms with Gasteiger partial charge >= 0.3 is 0 Å². The number of carbonyl (C=O) groups excluding carboxylic acids is 2. The SMILES string of the molecule is CCCN(CCC)C(=O)c1c(NC(=O)c2ccc(S(=O)(=O)N(CCC#N)CCC#N)cc2)sc2c1CCN(C)C2. The van der Waals surface area contributed by atoms with Crippen LogP contribution in [0.25, 0.3) is 0 Å². The van der Waals surface area contributed by atoms with Gasteiger partial charge in [-0.25, -0.2) is 8.42 Å².